The van der Waals surface area contributed by atoms with Crippen LogP contribution >= 0.6 is 0 Å². The SMILES string of the molecule is Cc1ccc(N([C@H](C)C(=O)Nc2ccc(N3CCCCC3)cc2)S(C)(=O)=O)cc1. The van der Waals surface area contributed by atoms with E-state index in [9.17, 15) is 13.2 Å². The molecule has 0 bridgehead atoms. The predicted octanol–water partition coefficient (Wildman–Crippen LogP) is 3.78. The van der Waals surface area contributed by atoms with Gasteiger partial charge in [0.2, 0.25) is 15.9 Å². The molecule has 0 saturated carbocycles. The first-order valence-corrected chi connectivity index (χ1v) is 11.8. The Labute approximate surface area is 173 Å². The van der Waals surface area contributed by atoms with Gasteiger partial charge in [-0.15, -0.1) is 0 Å². The van der Waals surface area contributed by atoms with E-state index in [0.717, 1.165) is 34.9 Å². The number of nitrogens with one attached hydrogen (secondary N) is 1. The topological polar surface area (TPSA) is 69.7 Å². The van der Waals surface area contributed by atoms with Gasteiger partial charge in [-0.25, -0.2) is 8.42 Å². The fourth-order valence-electron chi connectivity index (χ4n) is 3.65. The van der Waals surface area contributed by atoms with Gasteiger partial charge in [0.1, 0.15) is 6.04 Å². The Morgan fingerprint density at radius 1 is 1.00 bits per heavy atom. The lowest BCUT2D eigenvalue weighted by Gasteiger charge is -2.29. The molecule has 6 nitrogen and oxygen atoms in total. The van der Waals surface area contributed by atoms with Crippen LogP contribution in [-0.4, -0.2) is 39.7 Å². The van der Waals surface area contributed by atoms with Crippen LogP contribution in [0.25, 0.3) is 0 Å². The zero-order valence-electron chi connectivity index (χ0n) is 17.3. The normalized spacial score (nSPS) is 15.6. The van der Waals surface area contributed by atoms with Gasteiger partial charge in [0.05, 0.1) is 11.9 Å². The van der Waals surface area contributed by atoms with Gasteiger partial charge in [0.15, 0.2) is 0 Å². The first kappa shape index (κ1) is 21.2. The minimum atomic E-state index is -3.62. The van der Waals surface area contributed by atoms with Crippen molar-refractivity contribution in [2.75, 3.05) is 33.9 Å². The molecule has 3 rings (SSSR count). The standard InChI is InChI=1S/C22H29N3O3S/c1-17-7-11-21(12-8-17)25(29(3,27)28)18(2)22(26)23-19-9-13-20(14-10-19)24-15-5-4-6-16-24/h7-14,18H,4-6,15-16H2,1-3H3,(H,23,26)/t18-/m1/s1. The molecule has 1 fully saturated rings. The maximum absolute atomic E-state index is 12.8. The van der Waals surface area contributed by atoms with Crippen LogP contribution in [0.3, 0.4) is 0 Å². The molecule has 1 amide bonds. The Bertz CT molecular complexity index is 934. The quantitative estimate of drug-likeness (QED) is 0.780. The van der Waals surface area contributed by atoms with Crippen molar-refractivity contribution in [1.29, 1.82) is 0 Å². The molecule has 7 heteroatoms. The zero-order valence-corrected chi connectivity index (χ0v) is 18.1. The van der Waals surface area contributed by atoms with Gasteiger partial charge >= 0.3 is 0 Å². The molecule has 1 saturated heterocycles. The number of aryl methyl sites for hydroxylation is 1. The van der Waals surface area contributed by atoms with Crippen LogP contribution in [0.2, 0.25) is 0 Å². The molecule has 1 atom stereocenters. The van der Waals surface area contributed by atoms with E-state index in [0.29, 0.717) is 11.4 Å². The number of sulfonamides is 1. The number of anilines is 3. The van der Waals surface area contributed by atoms with Crippen LogP contribution in [-0.2, 0) is 14.8 Å². The van der Waals surface area contributed by atoms with E-state index in [-0.39, 0.29) is 5.91 Å². The Morgan fingerprint density at radius 2 is 1.59 bits per heavy atom. The molecule has 1 heterocycles. The van der Waals surface area contributed by atoms with Gasteiger partial charge < -0.3 is 10.2 Å². The van der Waals surface area contributed by atoms with Crippen LogP contribution in [0.15, 0.2) is 48.5 Å². The largest absolute Gasteiger partial charge is 0.372 e. The van der Waals surface area contributed by atoms with E-state index in [4.69, 9.17) is 0 Å². The van der Waals surface area contributed by atoms with Crippen molar-refractivity contribution >= 4 is 33.0 Å². The number of piperidine rings is 1. The molecular weight excluding hydrogens is 386 g/mol. The van der Waals surface area contributed by atoms with Crippen molar-refractivity contribution in [2.24, 2.45) is 0 Å². The summed E-state index contributed by atoms with van der Waals surface area (Å²) in [5.74, 6) is -0.373. The second-order valence-electron chi connectivity index (χ2n) is 7.65. The van der Waals surface area contributed by atoms with Crippen LogP contribution < -0.4 is 14.5 Å². The average molecular weight is 416 g/mol. The predicted molar refractivity (Wildman–Crippen MR) is 119 cm³/mol. The highest BCUT2D eigenvalue weighted by Gasteiger charge is 2.29. The summed E-state index contributed by atoms with van der Waals surface area (Å²) >= 11 is 0. The summed E-state index contributed by atoms with van der Waals surface area (Å²) in [5, 5.41) is 2.84. The average Bonchev–Trinajstić information content (AvgIpc) is 2.70. The van der Waals surface area contributed by atoms with Crippen LogP contribution in [0, 0.1) is 6.92 Å². The van der Waals surface area contributed by atoms with E-state index >= 15 is 0 Å². The molecular formula is C22H29N3O3S. The van der Waals surface area contributed by atoms with Gasteiger partial charge in [0, 0.05) is 24.5 Å². The summed E-state index contributed by atoms with van der Waals surface area (Å²) in [7, 11) is -3.62. The molecule has 1 N–H and O–H groups in total. The minimum Gasteiger partial charge on any atom is -0.372 e. The van der Waals surface area contributed by atoms with Crippen molar-refractivity contribution in [2.45, 2.75) is 39.2 Å². The number of carbonyl (C=O) groups excluding carboxylic acids is 1. The Balaban J connectivity index is 1.73. The number of hydrogen-bond acceptors (Lipinski definition) is 4. The summed E-state index contributed by atoms with van der Waals surface area (Å²) in [6.45, 7) is 5.64. The number of hydrogen-bond donors (Lipinski definition) is 1. The Kier molecular flexibility index (Phi) is 6.47. The molecule has 1 aliphatic rings. The highest BCUT2D eigenvalue weighted by atomic mass is 32.2. The fraction of sp³-hybridized carbons (Fsp3) is 0.409. The smallest absolute Gasteiger partial charge is 0.247 e. The molecule has 2 aromatic rings. The first-order chi connectivity index (χ1) is 13.8. The molecule has 156 valence electrons. The number of carbonyl (C=O) groups is 1. The van der Waals surface area contributed by atoms with Gasteiger partial charge in [-0.2, -0.15) is 0 Å². The third-order valence-corrected chi connectivity index (χ3v) is 6.47. The maximum Gasteiger partial charge on any atom is 0.247 e. The van der Waals surface area contributed by atoms with E-state index < -0.39 is 16.1 Å². The maximum atomic E-state index is 12.8. The highest BCUT2D eigenvalue weighted by Crippen LogP contribution is 2.24. The van der Waals surface area contributed by atoms with Crippen molar-refractivity contribution in [3.05, 3.63) is 54.1 Å². The molecule has 0 aliphatic carbocycles. The van der Waals surface area contributed by atoms with Crippen molar-refractivity contribution in [1.82, 2.24) is 0 Å². The molecule has 0 radical (unpaired) electrons. The lowest BCUT2D eigenvalue weighted by atomic mass is 10.1. The molecule has 1 aliphatic heterocycles. The number of rotatable bonds is 6. The molecule has 29 heavy (non-hydrogen) atoms. The van der Waals surface area contributed by atoms with Gasteiger partial charge in [-0.3, -0.25) is 9.10 Å². The van der Waals surface area contributed by atoms with E-state index in [2.05, 4.69) is 10.2 Å². The van der Waals surface area contributed by atoms with Crippen LogP contribution in [0.4, 0.5) is 17.1 Å². The highest BCUT2D eigenvalue weighted by molar-refractivity contribution is 7.92. The monoisotopic (exact) mass is 415 g/mol. The molecule has 2 aromatic carbocycles. The second-order valence-corrected chi connectivity index (χ2v) is 9.51. The number of benzene rings is 2. The van der Waals surface area contributed by atoms with Gasteiger partial charge in [-0.05, 0) is 69.5 Å². The van der Waals surface area contributed by atoms with Crippen LogP contribution in [0.1, 0.15) is 31.7 Å². The van der Waals surface area contributed by atoms with Crippen molar-refractivity contribution in [3.63, 3.8) is 0 Å². The van der Waals surface area contributed by atoms with E-state index in [1.165, 1.54) is 19.3 Å². The summed E-state index contributed by atoms with van der Waals surface area (Å²) < 4.78 is 25.9. The first-order valence-electron chi connectivity index (χ1n) is 9.97. The molecule has 0 unspecified atom stereocenters. The van der Waals surface area contributed by atoms with E-state index in [1.54, 1.807) is 19.1 Å². The number of nitrogens with zero attached hydrogens (tertiary/aromatic N) is 2. The van der Waals surface area contributed by atoms with Gasteiger partial charge in [-0.1, -0.05) is 17.7 Å². The Morgan fingerprint density at radius 3 is 2.14 bits per heavy atom. The van der Waals surface area contributed by atoms with Crippen molar-refractivity contribution < 1.29 is 13.2 Å². The summed E-state index contributed by atoms with van der Waals surface area (Å²) in [6, 6.07) is 13.9. The van der Waals surface area contributed by atoms with E-state index in [1.807, 2.05) is 43.3 Å². The fourth-order valence-corrected chi connectivity index (χ4v) is 4.83. The zero-order chi connectivity index (χ0) is 21.0. The summed E-state index contributed by atoms with van der Waals surface area (Å²) in [4.78, 5) is 15.1. The molecule has 0 spiro atoms. The third kappa shape index (κ3) is 5.29. The minimum absolute atomic E-state index is 0.373. The number of amides is 1. The lowest BCUT2D eigenvalue weighted by molar-refractivity contribution is -0.116. The summed E-state index contributed by atoms with van der Waals surface area (Å²) in [6.07, 6.45) is 4.80. The van der Waals surface area contributed by atoms with Gasteiger partial charge in [0.25, 0.3) is 0 Å². The molecule has 0 aromatic heterocycles. The lowest BCUT2D eigenvalue weighted by Crippen LogP contribution is -2.45. The second kappa shape index (κ2) is 8.86. The Hall–Kier alpha value is -2.54. The third-order valence-electron chi connectivity index (χ3n) is 5.23. The van der Waals surface area contributed by atoms with Crippen molar-refractivity contribution in [3.8, 4) is 0 Å². The van der Waals surface area contributed by atoms with Crippen LogP contribution in [0.5, 0.6) is 0 Å². The summed E-state index contributed by atoms with van der Waals surface area (Å²) in [5.41, 5.74) is 3.29.